The molecule has 0 spiro atoms. The second-order valence-corrected chi connectivity index (χ2v) is 5.91. The Hall–Kier alpha value is -3.46. The summed E-state index contributed by atoms with van der Waals surface area (Å²) < 4.78 is 5.51. The Morgan fingerprint density at radius 3 is 2.35 bits per heavy atom. The Labute approximate surface area is 146 Å². The molecule has 3 rings (SSSR count). The summed E-state index contributed by atoms with van der Waals surface area (Å²) >= 11 is 0. The van der Waals surface area contributed by atoms with E-state index in [9.17, 15) is 35.1 Å². The lowest BCUT2D eigenvalue weighted by Gasteiger charge is -2.38. The van der Waals surface area contributed by atoms with Gasteiger partial charge in [0.1, 0.15) is 22.8 Å². The van der Waals surface area contributed by atoms with Gasteiger partial charge in [-0.25, -0.2) is 0 Å². The van der Waals surface area contributed by atoms with Crippen molar-refractivity contribution < 1.29 is 45.0 Å². The zero-order valence-corrected chi connectivity index (χ0v) is 13.1. The third kappa shape index (κ3) is 2.64. The van der Waals surface area contributed by atoms with E-state index in [0.717, 1.165) is 24.3 Å². The molecule has 0 saturated carbocycles. The number of fused-ring (bicyclic) bond motifs is 1. The van der Waals surface area contributed by atoms with E-state index in [-0.39, 0.29) is 11.3 Å². The molecule has 0 radical (unpaired) electrons. The number of rotatable bonds is 3. The Bertz CT molecular complexity index is 921. The third-order valence-electron chi connectivity index (χ3n) is 4.09. The van der Waals surface area contributed by atoms with Crippen LogP contribution in [-0.4, -0.2) is 48.0 Å². The van der Waals surface area contributed by atoms with Crippen molar-refractivity contribution in [3.05, 3.63) is 41.5 Å². The minimum absolute atomic E-state index is 0.00545. The minimum atomic E-state index is -2.60. The smallest absolute Gasteiger partial charge is 0.306 e. The summed E-state index contributed by atoms with van der Waals surface area (Å²) in [4.78, 5) is 24.0. The molecule has 0 aliphatic carbocycles. The van der Waals surface area contributed by atoms with Gasteiger partial charge in [-0.3, -0.25) is 9.59 Å². The molecule has 1 heterocycles. The van der Waals surface area contributed by atoms with Crippen LogP contribution in [0.1, 0.15) is 28.4 Å². The molecule has 0 fully saturated rings. The number of phenols is 4. The first-order valence-corrected chi connectivity index (χ1v) is 7.37. The molecule has 0 amide bonds. The van der Waals surface area contributed by atoms with Gasteiger partial charge < -0.3 is 35.4 Å². The normalized spacial score (nSPS) is 21.7. The van der Waals surface area contributed by atoms with Gasteiger partial charge in [0, 0.05) is 12.1 Å². The molecule has 2 aromatic carbocycles. The van der Waals surface area contributed by atoms with E-state index >= 15 is 0 Å². The topological polar surface area (TPSA) is 165 Å². The van der Waals surface area contributed by atoms with Crippen molar-refractivity contribution in [3.8, 4) is 28.7 Å². The monoisotopic (exact) mass is 362 g/mol. The van der Waals surface area contributed by atoms with Crippen LogP contribution in [-0.2, 0) is 4.79 Å². The summed E-state index contributed by atoms with van der Waals surface area (Å²) in [5, 5.41) is 58.6. The van der Waals surface area contributed by atoms with E-state index in [2.05, 4.69) is 0 Å². The van der Waals surface area contributed by atoms with Gasteiger partial charge in [0.2, 0.25) is 5.78 Å². The molecular weight excluding hydrogens is 348 g/mol. The SMILES string of the molecule is O=C(O)CC1(O)C(=O)c2c(O)cc(O)cc2OC1c1ccc(O)c(O)c1. The molecule has 9 nitrogen and oxygen atoms in total. The number of carbonyl (C=O) groups excluding carboxylic acids is 1. The molecule has 2 aromatic rings. The molecule has 1 aliphatic rings. The van der Waals surface area contributed by atoms with Crippen molar-refractivity contribution in [2.45, 2.75) is 18.1 Å². The quantitative estimate of drug-likeness (QED) is 0.437. The average Bonchev–Trinajstić information content (AvgIpc) is 2.52. The fraction of sp³-hybridized carbons (Fsp3) is 0.176. The number of hydrogen-bond acceptors (Lipinski definition) is 8. The lowest BCUT2D eigenvalue weighted by atomic mass is 9.79. The van der Waals surface area contributed by atoms with E-state index in [1.807, 2.05) is 0 Å². The summed E-state index contributed by atoms with van der Waals surface area (Å²) in [6.45, 7) is 0. The third-order valence-corrected chi connectivity index (χ3v) is 4.09. The van der Waals surface area contributed by atoms with Crippen molar-refractivity contribution in [1.82, 2.24) is 0 Å². The first-order chi connectivity index (χ1) is 12.1. The van der Waals surface area contributed by atoms with E-state index in [1.54, 1.807) is 0 Å². The first kappa shape index (κ1) is 17.4. The van der Waals surface area contributed by atoms with Crippen molar-refractivity contribution in [1.29, 1.82) is 0 Å². The Balaban J connectivity index is 2.21. The summed E-state index contributed by atoms with van der Waals surface area (Å²) in [5.74, 6) is -5.00. The van der Waals surface area contributed by atoms with Crippen LogP contribution in [0.4, 0.5) is 0 Å². The molecule has 0 aromatic heterocycles. The number of carboxylic acids is 1. The predicted molar refractivity (Wildman–Crippen MR) is 84.4 cm³/mol. The summed E-state index contributed by atoms with van der Waals surface area (Å²) in [6.07, 6.45) is -2.62. The Morgan fingerprint density at radius 2 is 1.73 bits per heavy atom. The number of benzene rings is 2. The standard InChI is InChI=1S/C17H14O9/c18-8-4-11(21)14-12(5-8)26-16(7-1-2-9(19)10(20)3-7)17(25,15(14)24)6-13(22)23/h1-5,16,18-21,25H,6H2,(H,22,23). The number of phenolic OH excluding ortho intramolecular Hbond substituents is 4. The van der Waals surface area contributed by atoms with E-state index in [4.69, 9.17) is 9.84 Å². The zero-order chi connectivity index (χ0) is 19.2. The van der Waals surface area contributed by atoms with Crippen molar-refractivity contribution in [3.63, 3.8) is 0 Å². The highest BCUT2D eigenvalue weighted by atomic mass is 16.5. The Morgan fingerprint density at radius 1 is 1.04 bits per heavy atom. The van der Waals surface area contributed by atoms with Gasteiger partial charge in [-0.15, -0.1) is 0 Å². The number of Topliss-reactive ketones (excluding diaryl/α,β-unsaturated/α-hetero) is 1. The van der Waals surface area contributed by atoms with Crippen LogP contribution in [0.15, 0.2) is 30.3 Å². The molecular formula is C17H14O9. The second kappa shape index (κ2) is 5.81. The molecule has 9 heteroatoms. The van der Waals surface area contributed by atoms with Crippen molar-refractivity contribution in [2.24, 2.45) is 0 Å². The van der Waals surface area contributed by atoms with E-state index in [1.165, 1.54) is 6.07 Å². The van der Waals surface area contributed by atoms with Crippen LogP contribution < -0.4 is 4.74 Å². The fourth-order valence-corrected chi connectivity index (χ4v) is 2.92. The maximum Gasteiger partial charge on any atom is 0.306 e. The molecule has 26 heavy (non-hydrogen) atoms. The highest BCUT2D eigenvalue weighted by molar-refractivity contribution is 6.09. The number of aromatic hydroxyl groups is 4. The molecule has 136 valence electrons. The van der Waals surface area contributed by atoms with Crippen LogP contribution in [0, 0.1) is 0 Å². The lowest BCUT2D eigenvalue weighted by molar-refractivity contribution is -0.145. The Kier molecular flexibility index (Phi) is 3.88. The van der Waals surface area contributed by atoms with Gasteiger partial charge in [-0.05, 0) is 17.7 Å². The van der Waals surface area contributed by atoms with Crippen LogP contribution >= 0.6 is 0 Å². The lowest BCUT2D eigenvalue weighted by Crippen LogP contribution is -2.51. The molecule has 2 unspecified atom stereocenters. The fourth-order valence-electron chi connectivity index (χ4n) is 2.92. The number of ketones is 1. The average molecular weight is 362 g/mol. The number of aliphatic hydroxyl groups is 1. The second-order valence-electron chi connectivity index (χ2n) is 5.91. The van der Waals surface area contributed by atoms with Crippen LogP contribution in [0.5, 0.6) is 28.7 Å². The minimum Gasteiger partial charge on any atom is -0.508 e. The maximum absolute atomic E-state index is 12.8. The van der Waals surface area contributed by atoms with Gasteiger partial charge in [-0.1, -0.05) is 6.07 Å². The molecule has 0 bridgehead atoms. The zero-order valence-electron chi connectivity index (χ0n) is 13.1. The largest absolute Gasteiger partial charge is 0.508 e. The van der Waals surface area contributed by atoms with Crippen molar-refractivity contribution >= 4 is 11.8 Å². The van der Waals surface area contributed by atoms with Crippen LogP contribution in [0.3, 0.4) is 0 Å². The summed E-state index contributed by atoms with van der Waals surface area (Å²) in [5.41, 5.74) is -3.06. The molecule has 6 N–H and O–H groups in total. The van der Waals surface area contributed by atoms with Gasteiger partial charge in [0.15, 0.2) is 23.2 Å². The highest BCUT2D eigenvalue weighted by Crippen LogP contribution is 2.48. The van der Waals surface area contributed by atoms with E-state index in [0.29, 0.717) is 0 Å². The molecule has 0 saturated heterocycles. The van der Waals surface area contributed by atoms with Crippen molar-refractivity contribution in [2.75, 3.05) is 0 Å². The van der Waals surface area contributed by atoms with Gasteiger partial charge in [0.05, 0.1) is 6.42 Å². The summed E-state index contributed by atoms with van der Waals surface area (Å²) in [7, 11) is 0. The number of carbonyl (C=O) groups is 2. The summed E-state index contributed by atoms with van der Waals surface area (Å²) in [6, 6.07) is 5.20. The number of aliphatic carboxylic acids is 1. The van der Waals surface area contributed by atoms with Crippen LogP contribution in [0.25, 0.3) is 0 Å². The number of ether oxygens (including phenoxy) is 1. The van der Waals surface area contributed by atoms with Gasteiger partial charge in [0.25, 0.3) is 0 Å². The van der Waals surface area contributed by atoms with Gasteiger partial charge in [-0.2, -0.15) is 0 Å². The first-order valence-electron chi connectivity index (χ1n) is 7.37. The molecule has 2 atom stereocenters. The number of carboxylic acid groups (broad SMARTS) is 1. The van der Waals surface area contributed by atoms with Crippen LogP contribution in [0.2, 0.25) is 0 Å². The molecule has 1 aliphatic heterocycles. The van der Waals surface area contributed by atoms with E-state index < -0.39 is 58.4 Å². The highest BCUT2D eigenvalue weighted by Gasteiger charge is 2.53. The maximum atomic E-state index is 12.8. The predicted octanol–water partition coefficient (Wildman–Crippen LogP) is 1.03. The number of hydrogen-bond donors (Lipinski definition) is 6. The van der Waals surface area contributed by atoms with Gasteiger partial charge >= 0.3 is 5.97 Å².